The molecule has 20 heavy (non-hydrogen) atoms. The lowest BCUT2D eigenvalue weighted by Crippen LogP contribution is -2.45. The number of ketones is 2. The van der Waals surface area contributed by atoms with Crippen molar-refractivity contribution in [1.82, 2.24) is 0 Å². The average Bonchev–Trinajstić information content (AvgIpc) is 3.02. The standard InChI is InChI=1S/C14H16O6/c1-6-12-10-7(16)5-8(17)11(10)14(20-12)13(6)19-9(18)3-2-4-15/h4,6,10-14H,2-3,5H2,1H3/t6-,10-,11+,12?,13-,14?/m1/s1. The fourth-order valence-corrected chi connectivity index (χ4v) is 3.71. The number of carbonyl (C=O) groups is 4. The van der Waals surface area contributed by atoms with Gasteiger partial charge in [0.2, 0.25) is 0 Å². The monoisotopic (exact) mass is 280 g/mol. The minimum absolute atomic E-state index is 0.0236. The molecule has 108 valence electrons. The number of ether oxygens (including phenoxy) is 2. The van der Waals surface area contributed by atoms with E-state index in [2.05, 4.69) is 0 Å². The maximum Gasteiger partial charge on any atom is 0.306 e. The first-order valence-corrected chi connectivity index (χ1v) is 6.88. The molecule has 0 aromatic heterocycles. The van der Waals surface area contributed by atoms with Crippen molar-refractivity contribution in [2.75, 3.05) is 0 Å². The summed E-state index contributed by atoms with van der Waals surface area (Å²) in [5.74, 6) is -1.52. The zero-order valence-corrected chi connectivity index (χ0v) is 11.1. The molecular weight excluding hydrogens is 264 g/mol. The van der Waals surface area contributed by atoms with Crippen molar-refractivity contribution in [3.63, 3.8) is 0 Å². The molecule has 6 nitrogen and oxygen atoms in total. The van der Waals surface area contributed by atoms with Crippen molar-refractivity contribution in [2.24, 2.45) is 17.8 Å². The van der Waals surface area contributed by atoms with Crippen molar-refractivity contribution in [2.45, 2.75) is 44.5 Å². The van der Waals surface area contributed by atoms with Crippen molar-refractivity contribution in [3.05, 3.63) is 0 Å². The van der Waals surface area contributed by atoms with Gasteiger partial charge in [0.1, 0.15) is 30.1 Å². The van der Waals surface area contributed by atoms with Crippen molar-refractivity contribution in [1.29, 1.82) is 0 Å². The van der Waals surface area contributed by atoms with Gasteiger partial charge in [-0.25, -0.2) is 0 Å². The number of rotatable bonds is 4. The zero-order valence-electron chi connectivity index (χ0n) is 11.1. The van der Waals surface area contributed by atoms with Crippen LogP contribution < -0.4 is 0 Å². The summed E-state index contributed by atoms with van der Waals surface area (Å²) >= 11 is 0. The largest absolute Gasteiger partial charge is 0.459 e. The highest BCUT2D eigenvalue weighted by molar-refractivity contribution is 6.09. The Kier molecular flexibility index (Phi) is 3.20. The average molecular weight is 280 g/mol. The quantitative estimate of drug-likeness (QED) is 0.411. The molecular formula is C14H16O6. The number of esters is 1. The molecule has 2 saturated heterocycles. The molecule has 2 unspecified atom stereocenters. The van der Waals surface area contributed by atoms with Gasteiger partial charge >= 0.3 is 5.97 Å². The molecule has 1 saturated carbocycles. The summed E-state index contributed by atoms with van der Waals surface area (Å²) in [6.45, 7) is 1.87. The molecule has 3 rings (SSSR count). The van der Waals surface area contributed by atoms with E-state index in [-0.39, 0.29) is 48.8 Å². The lowest BCUT2D eigenvalue weighted by molar-refractivity contribution is -0.156. The van der Waals surface area contributed by atoms with E-state index in [1.54, 1.807) is 0 Å². The predicted molar refractivity (Wildman–Crippen MR) is 64.6 cm³/mol. The summed E-state index contributed by atoms with van der Waals surface area (Å²) in [5.41, 5.74) is 0. The van der Waals surface area contributed by atoms with Crippen LogP contribution in [0.15, 0.2) is 0 Å². The lowest BCUT2D eigenvalue weighted by atomic mass is 9.74. The van der Waals surface area contributed by atoms with Gasteiger partial charge in [0.05, 0.1) is 30.8 Å². The van der Waals surface area contributed by atoms with Crippen LogP contribution >= 0.6 is 0 Å². The summed E-state index contributed by atoms with van der Waals surface area (Å²) in [5, 5.41) is 0. The summed E-state index contributed by atoms with van der Waals surface area (Å²) in [4.78, 5) is 45.6. The van der Waals surface area contributed by atoms with Crippen molar-refractivity contribution in [3.8, 4) is 0 Å². The number of hydrogen-bond donors (Lipinski definition) is 0. The molecule has 6 atom stereocenters. The highest BCUT2D eigenvalue weighted by Gasteiger charge is 2.66. The third kappa shape index (κ3) is 1.82. The molecule has 2 heterocycles. The van der Waals surface area contributed by atoms with Crippen LogP contribution in [0.25, 0.3) is 0 Å². The van der Waals surface area contributed by atoms with E-state index < -0.39 is 24.1 Å². The highest BCUT2D eigenvalue weighted by atomic mass is 16.6. The number of Topliss-reactive ketones (excluding diaryl/α,β-unsaturated/α-hetero) is 2. The Morgan fingerprint density at radius 1 is 1.30 bits per heavy atom. The highest BCUT2D eigenvalue weighted by Crippen LogP contribution is 2.52. The Labute approximate surface area is 115 Å². The van der Waals surface area contributed by atoms with Crippen LogP contribution in [0.4, 0.5) is 0 Å². The topological polar surface area (TPSA) is 86.7 Å². The molecule has 3 aliphatic rings. The summed E-state index contributed by atoms with van der Waals surface area (Å²) in [6.07, 6.45) is -0.521. The Morgan fingerprint density at radius 3 is 2.60 bits per heavy atom. The van der Waals surface area contributed by atoms with E-state index in [0.717, 1.165) is 0 Å². The van der Waals surface area contributed by atoms with Gasteiger partial charge in [0, 0.05) is 12.3 Å². The minimum atomic E-state index is -0.501. The maximum atomic E-state index is 11.9. The fourth-order valence-electron chi connectivity index (χ4n) is 3.71. The van der Waals surface area contributed by atoms with Crippen LogP contribution in [-0.2, 0) is 28.7 Å². The predicted octanol–water partition coefficient (Wildman–Crippen LogP) is 0.0687. The van der Waals surface area contributed by atoms with Gasteiger partial charge < -0.3 is 14.3 Å². The van der Waals surface area contributed by atoms with Gasteiger partial charge in [-0.2, -0.15) is 0 Å². The van der Waals surface area contributed by atoms with Crippen LogP contribution in [0.1, 0.15) is 26.2 Å². The number of fused-ring (bicyclic) bond motifs is 5. The summed E-state index contributed by atoms with van der Waals surface area (Å²) < 4.78 is 11.1. The molecule has 6 heteroatoms. The second-order valence-corrected chi connectivity index (χ2v) is 5.75. The van der Waals surface area contributed by atoms with Gasteiger partial charge in [-0.1, -0.05) is 6.92 Å². The van der Waals surface area contributed by atoms with Gasteiger partial charge in [0.25, 0.3) is 0 Å². The normalized spacial score (nSPS) is 41.9. The zero-order chi connectivity index (χ0) is 14.4. The fraction of sp³-hybridized carbons (Fsp3) is 0.714. The molecule has 0 aromatic carbocycles. The molecule has 0 spiro atoms. The SMILES string of the molecule is C[C@@H]1C2OC([C@H]3C(=O)CC(=O)[C@@H]23)[C@@H]1OC(=O)CCC=O. The molecule has 3 fully saturated rings. The van der Waals surface area contributed by atoms with Crippen LogP contribution in [0, 0.1) is 17.8 Å². The van der Waals surface area contributed by atoms with Gasteiger partial charge in [-0.05, 0) is 0 Å². The smallest absolute Gasteiger partial charge is 0.306 e. The van der Waals surface area contributed by atoms with Crippen LogP contribution in [0.3, 0.4) is 0 Å². The number of hydrogen-bond acceptors (Lipinski definition) is 6. The second-order valence-electron chi connectivity index (χ2n) is 5.75. The van der Waals surface area contributed by atoms with Crippen LogP contribution in [-0.4, -0.2) is 42.1 Å². The molecule has 0 aromatic rings. The Morgan fingerprint density at radius 2 is 1.95 bits per heavy atom. The van der Waals surface area contributed by atoms with Crippen LogP contribution in [0.5, 0.6) is 0 Å². The Hall–Kier alpha value is -1.56. The van der Waals surface area contributed by atoms with E-state index in [4.69, 9.17) is 9.47 Å². The molecule has 2 aliphatic heterocycles. The van der Waals surface area contributed by atoms with Gasteiger partial charge in [-0.3, -0.25) is 14.4 Å². The number of carbonyl (C=O) groups excluding carboxylic acids is 4. The minimum Gasteiger partial charge on any atom is -0.459 e. The lowest BCUT2D eigenvalue weighted by Gasteiger charge is -2.30. The Bertz CT molecular complexity index is 484. The summed E-state index contributed by atoms with van der Waals surface area (Å²) in [6, 6.07) is 0. The van der Waals surface area contributed by atoms with E-state index in [9.17, 15) is 19.2 Å². The first kappa shape index (κ1) is 13.4. The van der Waals surface area contributed by atoms with Crippen molar-refractivity contribution < 1.29 is 28.7 Å². The molecule has 1 aliphatic carbocycles. The Balaban J connectivity index is 1.73. The summed E-state index contributed by atoms with van der Waals surface area (Å²) in [7, 11) is 0. The first-order chi connectivity index (χ1) is 9.54. The van der Waals surface area contributed by atoms with E-state index >= 15 is 0 Å². The van der Waals surface area contributed by atoms with Gasteiger partial charge in [0.15, 0.2) is 0 Å². The van der Waals surface area contributed by atoms with E-state index in [1.165, 1.54) is 0 Å². The maximum absolute atomic E-state index is 11.9. The molecule has 2 bridgehead atoms. The van der Waals surface area contributed by atoms with Crippen molar-refractivity contribution >= 4 is 23.8 Å². The molecule has 0 N–H and O–H groups in total. The molecule has 0 radical (unpaired) electrons. The third-order valence-electron chi connectivity index (χ3n) is 4.60. The third-order valence-corrected chi connectivity index (χ3v) is 4.60. The first-order valence-electron chi connectivity index (χ1n) is 6.88. The van der Waals surface area contributed by atoms with E-state index in [0.29, 0.717) is 6.29 Å². The molecule has 0 amide bonds. The van der Waals surface area contributed by atoms with Crippen LogP contribution in [0.2, 0.25) is 0 Å². The van der Waals surface area contributed by atoms with E-state index in [1.807, 2.05) is 6.92 Å². The van der Waals surface area contributed by atoms with Gasteiger partial charge in [-0.15, -0.1) is 0 Å². The second kappa shape index (κ2) is 4.77. The number of aldehydes is 1.